The number of ether oxygens (including phenoxy) is 2. The number of esters is 2. The van der Waals surface area contributed by atoms with E-state index in [1.54, 1.807) is 13.8 Å². The van der Waals surface area contributed by atoms with Crippen LogP contribution in [0.25, 0.3) is 0 Å². The Morgan fingerprint density at radius 1 is 1.10 bits per heavy atom. The van der Waals surface area contributed by atoms with Crippen molar-refractivity contribution in [3.8, 4) is 0 Å². The van der Waals surface area contributed by atoms with E-state index in [9.17, 15) is 9.59 Å². The van der Waals surface area contributed by atoms with Gasteiger partial charge in [-0.15, -0.1) is 0 Å². The third-order valence-electron chi connectivity index (χ3n) is 2.52. The molecule has 6 heteroatoms. The molecule has 1 aromatic carbocycles. The van der Waals surface area contributed by atoms with E-state index in [1.807, 2.05) is 24.3 Å². The van der Waals surface area contributed by atoms with Gasteiger partial charge in [0, 0.05) is 33.1 Å². The first-order chi connectivity index (χ1) is 9.10. The fourth-order valence-corrected chi connectivity index (χ4v) is 2.24. The number of hydrogen-bond acceptors (Lipinski definition) is 4. The Hall–Kier alpha value is -0.110. The van der Waals surface area contributed by atoms with Gasteiger partial charge in [-0.25, -0.2) is 0 Å². The minimum Gasteiger partial charge on any atom is -0.465 e. The van der Waals surface area contributed by atoms with Crippen LogP contribution in [-0.2, 0) is 25.5 Å². The van der Waals surface area contributed by atoms with Crippen LogP contribution in [-0.4, -0.2) is 54.7 Å². The summed E-state index contributed by atoms with van der Waals surface area (Å²) in [5, 5.41) is 0. The Balaban J connectivity index is 0.00000361. The molecule has 0 spiro atoms. The maximum atomic E-state index is 11.8. The van der Waals surface area contributed by atoms with Crippen LogP contribution in [0, 0.1) is 9.49 Å². The maximum absolute atomic E-state index is 11.8. The fraction of sp³-hybridized carbons (Fsp3) is 0.429. The maximum Gasteiger partial charge on any atom is 0.320 e. The van der Waals surface area contributed by atoms with Crippen LogP contribution in [0.1, 0.15) is 19.4 Å². The predicted octanol–water partition coefficient (Wildman–Crippen LogP) is 2.20. The topological polar surface area (TPSA) is 52.6 Å². The number of carbonyl (C=O) groups is 2. The van der Waals surface area contributed by atoms with Gasteiger partial charge in [0.15, 0.2) is 5.92 Å². The van der Waals surface area contributed by atoms with E-state index >= 15 is 0 Å². The second kappa shape index (κ2) is 10.6. The van der Waals surface area contributed by atoms with Crippen molar-refractivity contribution >= 4 is 64.1 Å². The zero-order chi connectivity index (χ0) is 14.3. The number of rotatable bonds is 6. The zero-order valence-electron chi connectivity index (χ0n) is 12.0. The van der Waals surface area contributed by atoms with Crippen LogP contribution >= 0.6 is 22.6 Å². The summed E-state index contributed by atoms with van der Waals surface area (Å²) >= 11 is 2.18. The number of benzene rings is 1. The number of halogens is 1. The van der Waals surface area contributed by atoms with Gasteiger partial charge < -0.3 is 9.47 Å². The summed E-state index contributed by atoms with van der Waals surface area (Å²) in [6.07, 6.45) is 0.302. The molecule has 4 nitrogen and oxygen atoms in total. The first-order valence-corrected chi connectivity index (χ1v) is 7.24. The molecular weight excluding hydrogens is 382 g/mol. The number of hydrogen-bond donors (Lipinski definition) is 0. The molecule has 105 valence electrons. The summed E-state index contributed by atoms with van der Waals surface area (Å²) in [5.74, 6) is -1.95. The predicted molar refractivity (Wildman–Crippen MR) is 85.4 cm³/mol. The molecule has 0 atom stereocenters. The Bertz CT molecular complexity index is 433. The van der Waals surface area contributed by atoms with Crippen molar-refractivity contribution in [3.05, 3.63) is 33.4 Å². The molecule has 0 saturated heterocycles. The molecule has 0 heterocycles. The largest absolute Gasteiger partial charge is 0.465 e. The van der Waals surface area contributed by atoms with Gasteiger partial charge in [-0.3, -0.25) is 9.59 Å². The first kappa shape index (κ1) is 19.9. The van der Waals surface area contributed by atoms with E-state index < -0.39 is 17.9 Å². The molecule has 0 saturated carbocycles. The second-order valence-corrected chi connectivity index (χ2v) is 5.01. The molecule has 1 rings (SSSR count). The van der Waals surface area contributed by atoms with Crippen LogP contribution in [0.5, 0.6) is 0 Å². The second-order valence-electron chi connectivity index (χ2n) is 3.85. The molecule has 0 bridgehead atoms. The van der Waals surface area contributed by atoms with Gasteiger partial charge in [-0.1, -0.05) is 18.2 Å². The van der Waals surface area contributed by atoms with Crippen molar-refractivity contribution in [2.24, 2.45) is 5.92 Å². The van der Waals surface area contributed by atoms with Crippen LogP contribution in [0.3, 0.4) is 0 Å². The smallest absolute Gasteiger partial charge is 0.320 e. The molecule has 0 unspecified atom stereocenters. The van der Waals surface area contributed by atoms with Gasteiger partial charge in [0.1, 0.15) is 0 Å². The monoisotopic (exact) mass is 399 g/mol. The van der Waals surface area contributed by atoms with Crippen molar-refractivity contribution in [2.45, 2.75) is 20.3 Å². The van der Waals surface area contributed by atoms with Crippen molar-refractivity contribution in [1.29, 1.82) is 0 Å². The first-order valence-electron chi connectivity index (χ1n) is 6.16. The van der Waals surface area contributed by atoms with Gasteiger partial charge in [0.25, 0.3) is 0 Å². The molecule has 20 heavy (non-hydrogen) atoms. The molecule has 1 radical (unpaired) electrons. The van der Waals surface area contributed by atoms with Crippen molar-refractivity contribution in [1.82, 2.24) is 0 Å². The molecule has 0 aliphatic rings. The molecule has 0 aliphatic heterocycles. The van der Waals surface area contributed by atoms with Gasteiger partial charge in [-0.2, -0.15) is 0 Å². The van der Waals surface area contributed by atoms with Crippen LogP contribution < -0.4 is 0 Å². The van der Waals surface area contributed by atoms with Crippen LogP contribution in [0.4, 0.5) is 0 Å². The van der Waals surface area contributed by atoms with E-state index in [4.69, 9.17) is 9.47 Å². The molecule has 0 amide bonds. The Morgan fingerprint density at radius 2 is 1.60 bits per heavy atom. The molecule has 0 aromatic heterocycles. The average Bonchev–Trinajstić information content (AvgIpc) is 2.38. The SMILES string of the molecule is CCOC(=O)C(Cc1ccccc1I)C(=O)OCC.[Na]. The molecule has 1 aromatic rings. The molecule has 0 aliphatic carbocycles. The molecule has 0 N–H and O–H groups in total. The van der Waals surface area contributed by atoms with Gasteiger partial charge in [0.05, 0.1) is 13.2 Å². The summed E-state index contributed by atoms with van der Waals surface area (Å²) < 4.78 is 10.9. The quantitative estimate of drug-likeness (QED) is 0.319. The Kier molecular flexibility index (Phi) is 10.5. The molecular formula is C14H17INaO4. The standard InChI is InChI=1S/C14H17IO4.Na/c1-3-18-13(16)11(14(17)19-4-2)9-10-7-5-6-8-12(10)15;/h5-8,11H,3-4,9H2,1-2H3;. The van der Waals surface area contributed by atoms with E-state index in [2.05, 4.69) is 22.6 Å². The van der Waals surface area contributed by atoms with E-state index in [0.717, 1.165) is 9.13 Å². The van der Waals surface area contributed by atoms with Gasteiger partial charge in [0.2, 0.25) is 0 Å². The van der Waals surface area contributed by atoms with Crippen LogP contribution in [0.2, 0.25) is 0 Å². The minimum absolute atomic E-state index is 0. The normalized spacial score (nSPS) is 9.80. The van der Waals surface area contributed by atoms with Crippen molar-refractivity contribution < 1.29 is 19.1 Å². The molecule has 0 fully saturated rings. The van der Waals surface area contributed by atoms with Crippen molar-refractivity contribution in [3.63, 3.8) is 0 Å². The van der Waals surface area contributed by atoms with Crippen LogP contribution in [0.15, 0.2) is 24.3 Å². The van der Waals surface area contributed by atoms with Gasteiger partial charge in [-0.05, 0) is 54.5 Å². The van der Waals surface area contributed by atoms with Crippen molar-refractivity contribution in [2.75, 3.05) is 13.2 Å². The summed E-state index contributed by atoms with van der Waals surface area (Å²) in [6.45, 7) is 3.93. The Morgan fingerprint density at radius 3 is 2.05 bits per heavy atom. The third kappa shape index (κ3) is 6.11. The summed E-state index contributed by atoms with van der Waals surface area (Å²) in [4.78, 5) is 23.7. The minimum atomic E-state index is -0.893. The summed E-state index contributed by atoms with van der Waals surface area (Å²) in [6, 6.07) is 7.62. The third-order valence-corrected chi connectivity index (χ3v) is 3.58. The van der Waals surface area contributed by atoms with Gasteiger partial charge >= 0.3 is 11.9 Å². The number of carbonyl (C=O) groups excluding carboxylic acids is 2. The average molecular weight is 399 g/mol. The zero-order valence-corrected chi connectivity index (χ0v) is 16.2. The van der Waals surface area contributed by atoms with E-state index in [0.29, 0.717) is 6.42 Å². The van der Waals surface area contributed by atoms with E-state index in [1.165, 1.54) is 0 Å². The summed E-state index contributed by atoms with van der Waals surface area (Å²) in [5.41, 5.74) is 0.939. The summed E-state index contributed by atoms with van der Waals surface area (Å²) in [7, 11) is 0. The Labute approximate surface area is 155 Å². The fourth-order valence-electron chi connectivity index (χ4n) is 1.63. The van der Waals surface area contributed by atoms with E-state index in [-0.39, 0.29) is 42.8 Å².